The summed E-state index contributed by atoms with van der Waals surface area (Å²) in [4.78, 5) is 11.1. The quantitative estimate of drug-likeness (QED) is 0.126. The lowest BCUT2D eigenvalue weighted by Crippen LogP contribution is -2.41. The largest absolute Gasteiger partial charge is 0.416 e. The molecule has 0 unspecified atom stereocenters. The lowest BCUT2D eigenvalue weighted by atomic mass is 10.0. The van der Waals surface area contributed by atoms with E-state index in [4.69, 9.17) is 15.7 Å². The second kappa shape index (κ2) is 12.4. The fourth-order valence-corrected chi connectivity index (χ4v) is 5.76. The summed E-state index contributed by atoms with van der Waals surface area (Å²) in [6.07, 6.45) is -1.92. The highest BCUT2D eigenvalue weighted by molar-refractivity contribution is 7.14. The van der Waals surface area contributed by atoms with Gasteiger partial charge in [0, 0.05) is 41.2 Å². The maximum absolute atomic E-state index is 13.1. The first-order chi connectivity index (χ1) is 20.2. The molecule has 0 spiro atoms. The normalized spacial score (nSPS) is 14.9. The van der Waals surface area contributed by atoms with Gasteiger partial charge in [-0.15, -0.1) is 23.7 Å². The zero-order chi connectivity index (χ0) is 29.3. The number of benzene rings is 3. The summed E-state index contributed by atoms with van der Waals surface area (Å²) in [7, 11) is 0. The number of nitrogens with one attached hydrogen (secondary N) is 2. The molecule has 1 saturated heterocycles. The second-order valence-corrected chi connectivity index (χ2v) is 10.8. The number of hydrogen-bond acceptors (Lipinski definition) is 7. The Morgan fingerprint density at radius 1 is 1.00 bits per heavy atom. The lowest BCUT2D eigenvalue weighted by molar-refractivity contribution is -0.137. The lowest BCUT2D eigenvalue weighted by Gasteiger charge is -2.23. The van der Waals surface area contributed by atoms with Crippen LogP contribution in [0.2, 0.25) is 0 Å². The number of aromatic nitrogens is 3. The van der Waals surface area contributed by atoms with E-state index in [0.29, 0.717) is 34.4 Å². The fraction of sp³-hybridized carbons (Fsp3) is 0.200. The maximum atomic E-state index is 13.1. The Kier molecular flexibility index (Phi) is 8.69. The van der Waals surface area contributed by atoms with E-state index in [1.165, 1.54) is 17.4 Å². The molecule has 0 bridgehead atoms. The molecule has 6 rings (SSSR count). The van der Waals surface area contributed by atoms with Gasteiger partial charge in [0.05, 0.1) is 11.3 Å². The van der Waals surface area contributed by atoms with Crippen LogP contribution in [0.3, 0.4) is 0 Å². The molecule has 1 fully saturated rings. The van der Waals surface area contributed by atoms with Gasteiger partial charge in [-0.1, -0.05) is 41.6 Å². The highest BCUT2D eigenvalue weighted by Crippen LogP contribution is 2.34. The van der Waals surface area contributed by atoms with Gasteiger partial charge in [-0.25, -0.2) is 4.98 Å². The van der Waals surface area contributed by atoms with Crippen LogP contribution in [0.25, 0.3) is 33.8 Å². The van der Waals surface area contributed by atoms with Crippen LogP contribution in [0.5, 0.6) is 0 Å². The minimum Gasteiger partial charge on any atom is -0.370 e. The number of halogens is 4. The molecule has 13 heteroatoms. The first kappa shape index (κ1) is 30.1. The van der Waals surface area contributed by atoms with Crippen molar-refractivity contribution in [1.82, 2.24) is 20.0 Å². The predicted molar refractivity (Wildman–Crippen MR) is 164 cm³/mol. The molecule has 5 aromatic rings. The molecule has 0 saturated carbocycles. The third-order valence-corrected chi connectivity index (χ3v) is 7.93. The van der Waals surface area contributed by atoms with Gasteiger partial charge in [0.15, 0.2) is 11.1 Å². The first-order valence-corrected chi connectivity index (χ1v) is 14.2. The standard InChI is InChI=1S/C30H26F3N7OS.ClH/c31-30(32,33)22-4-1-3-21(15-22)18-6-8-19(9-7-18)25-17-42-29(37-25)36-23-12-10-20(11-13-23)27-38-26(41-39-27)16-24-5-2-14-40(24)28(34)35;/h1,3-4,6-13,15,17,24H,2,5,14,16H2,(H3,34,35)(H,36,37);1H/t24-;/m0./s1. The van der Waals surface area contributed by atoms with Crippen molar-refractivity contribution in [3.8, 4) is 33.8 Å². The molecule has 1 aliphatic heterocycles. The van der Waals surface area contributed by atoms with Crippen molar-refractivity contribution < 1.29 is 17.7 Å². The number of thiazole rings is 1. The number of nitrogens with two attached hydrogens (primary N) is 1. The monoisotopic (exact) mass is 625 g/mol. The summed E-state index contributed by atoms with van der Waals surface area (Å²) in [6, 6.07) is 20.3. The van der Waals surface area contributed by atoms with Gasteiger partial charge < -0.3 is 20.5 Å². The van der Waals surface area contributed by atoms with Crippen molar-refractivity contribution in [2.45, 2.75) is 31.5 Å². The van der Waals surface area contributed by atoms with Crippen molar-refractivity contribution in [2.24, 2.45) is 5.73 Å². The van der Waals surface area contributed by atoms with Crippen LogP contribution >= 0.6 is 23.7 Å². The molecular formula is C30H27ClF3N7OS. The zero-order valence-corrected chi connectivity index (χ0v) is 24.3. The van der Waals surface area contributed by atoms with Gasteiger partial charge in [-0.05, 0) is 60.4 Å². The van der Waals surface area contributed by atoms with Crippen LogP contribution in [0.4, 0.5) is 24.0 Å². The average molecular weight is 626 g/mol. The number of anilines is 2. The van der Waals surface area contributed by atoms with Gasteiger partial charge in [0.2, 0.25) is 11.7 Å². The van der Waals surface area contributed by atoms with Crippen molar-refractivity contribution in [2.75, 3.05) is 11.9 Å². The van der Waals surface area contributed by atoms with E-state index < -0.39 is 11.7 Å². The van der Waals surface area contributed by atoms with E-state index in [1.807, 2.05) is 46.7 Å². The zero-order valence-electron chi connectivity index (χ0n) is 22.6. The summed E-state index contributed by atoms with van der Waals surface area (Å²) in [5.74, 6) is 1.08. The van der Waals surface area contributed by atoms with Crippen LogP contribution in [0.15, 0.2) is 82.7 Å². The molecule has 43 heavy (non-hydrogen) atoms. The minimum absolute atomic E-state index is 0. The number of nitrogens with zero attached hydrogens (tertiary/aromatic N) is 4. The van der Waals surface area contributed by atoms with Crippen molar-refractivity contribution >= 4 is 40.5 Å². The van der Waals surface area contributed by atoms with E-state index in [0.717, 1.165) is 54.0 Å². The number of hydrogen-bond donors (Lipinski definition) is 3. The van der Waals surface area contributed by atoms with Gasteiger partial charge in [-0.3, -0.25) is 5.41 Å². The molecule has 1 atom stereocenters. The molecular weight excluding hydrogens is 599 g/mol. The minimum atomic E-state index is -4.38. The number of guanidine groups is 1. The second-order valence-electron chi connectivity index (χ2n) is 9.99. The van der Waals surface area contributed by atoms with Crippen LogP contribution in [0.1, 0.15) is 24.3 Å². The summed E-state index contributed by atoms with van der Waals surface area (Å²) in [5, 5.41) is 17.8. The Labute approximate surface area is 255 Å². The van der Waals surface area contributed by atoms with Crippen LogP contribution in [-0.4, -0.2) is 38.6 Å². The van der Waals surface area contributed by atoms with Gasteiger partial charge in [0.1, 0.15) is 0 Å². The third-order valence-electron chi connectivity index (χ3n) is 7.17. The number of likely N-dealkylation sites (tertiary alicyclic amines) is 1. The van der Waals surface area contributed by atoms with Crippen LogP contribution < -0.4 is 11.1 Å². The van der Waals surface area contributed by atoms with Crippen molar-refractivity contribution in [1.29, 1.82) is 5.41 Å². The highest BCUT2D eigenvalue weighted by atomic mass is 35.5. The molecule has 1 aliphatic rings. The third kappa shape index (κ3) is 6.81. The first-order valence-electron chi connectivity index (χ1n) is 13.3. The fourth-order valence-electron chi connectivity index (χ4n) is 5.02. The van der Waals surface area contributed by atoms with E-state index in [2.05, 4.69) is 20.4 Å². The summed E-state index contributed by atoms with van der Waals surface area (Å²) < 4.78 is 44.7. The van der Waals surface area contributed by atoms with Crippen molar-refractivity contribution in [3.63, 3.8) is 0 Å². The molecule has 4 N–H and O–H groups in total. The Bertz CT molecular complexity index is 1700. The molecule has 3 aromatic carbocycles. The SMILES string of the molecule is Cl.N=C(N)N1CCC[C@H]1Cc1nc(-c2ccc(Nc3nc(-c4ccc(-c5cccc(C(F)(F)F)c5)cc4)cs3)cc2)no1. The smallest absolute Gasteiger partial charge is 0.370 e. The van der Waals surface area contributed by atoms with Gasteiger partial charge in [-0.2, -0.15) is 18.2 Å². The van der Waals surface area contributed by atoms with Crippen molar-refractivity contribution in [3.05, 3.63) is 89.6 Å². The summed E-state index contributed by atoms with van der Waals surface area (Å²) >= 11 is 1.45. The molecule has 0 aliphatic carbocycles. The summed E-state index contributed by atoms with van der Waals surface area (Å²) in [5.41, 5.74) is 9.49. The highest BCUT2D eigenvalue weighted by Gasteiger charge is 2.30. The molecule has 0 amide bonds. The Morgan fingerprint density at radius 3 is 2.44 bits per heavy atom. The average Bonchev–Trinajstić information content (AvgIpc) is 3.75. The molecule has 8 nitrogen and oxygen atoms in total. The van der Waals surface area contributed by atoms with E-state index in [-0.39, 0.29) is 24.4 Å². The number of alkyl halides is 3. The Morgan fingerprint density at radius 2 is 1.72 bits per heavy atom. The topological polar surface area (TPSA) is 117 Å². The number of rotatable bonds is 7. The van der Waals surface area contributed by atoms with E-state index in [9.17, 15) is 13.2 Å². The Balaban J connectivity index is 0.00000368. The van der Waals surface area contributed by atoms with E-state index >= 15 is 0 Å². The maximum Gasteiger partial charge on any atom is 0.416 e. The Hall–Kier alpha value is -4.42. The molecule has 3 heterocycles. The molecule has 2 aromatic heterocycles. The van der Waals surface area contributed by atoms with Crippen LogP contribution in [-0.2, 0) is 12.6 Å². The summed E-state index contributed by atoms with van der Waals surface area (Å²) in [6.45, 7) is 0.769. The van der Waals surface area contributed by atoms with Gasteiger partial charge in [0.25, 0.3) is 0 Å². The van der Waals surface area contributed by atoms with E-state index in [1.54, 1.807) is 18.2 Å². The molecule has 222 valence electrons. The molecule has 0 radical (unpaired) electrons. The van der Waals surface area contributed by atoms with Crippen LogP contribution in [0, 0.1) is 5.41 Å². The predicted octanol–water partition coefficient (Wildman–Crippen LogP) is 7.61. The van der Waals surface area contributed by atoms with Gasteiger partial charge >= 0.3 is 6.18 Å².